The molecule has 0 saturated heterocycles. The molecule has 1 amide bonds. The molecule has 0 atom stereocenters. The van der Waals surface area contributed by atoms with Crippen LogP contribution in [0.2, 0.25) is 0 Å². The minimum Gasteiger partial charge on any atom is -0.493 e. The number of hydrogen-bond acceptors (Lipinski definition) is 6. The van der Waals surface area contributed by atoms with E-state index in [-0.39, 0.29) is 11.6 Å². The molecule has 2 N–H and O–H groups in total. The van der Waals surface area contributed by atoms with E-state index in [1.807, 2.05) is 18.2 Å². The highest BCUT2D eigenvalue weighted by Crippen LogP contribution is 2.29. The molecule has 29 heavy (non-hydrogen) atoms. The summed E-state index contributed by atoms with van der Waals surface area (Å²) in [7, 11) is 3.11. The predicted octanol–water partition coefficient (Wildman–Crippen LogP) is 3.71. The summed E-state index contributed by atoms with van der Waals surface area (Å²) < 4.78 is 10.5. The molecule has 0 unspecified atom stereocenters. The number of benzene rings is 2. The Balaban J connectivity index is 1.67. The van der Waals surface area contributed by atoms with Crippen LogP contribution >= 0.6 is 0 Å². The number of carbonyl (C=O) groups is 1. The maximum absolute atomic E-state index is 12.7. The Morgan fingerprint density at radius 1 is 0.966 bits per heavy atom. The summed E-state index contributed by atoms with van der Waals surface area (Å²) in [5.41, 5.74) is 2.11. The van der Waals surface area contributed by atoms with E-state index in [1.165, 1.54) is 5.56 Å². The average molecular weight is 392 g/mol. The van der Waals surface area contributed by atoms with Gasteiger partial charge in [0.05, 0.1) is 14.2 Å². The molecule has 0 saturated carbocycles. The quantitative estimate of drug-likeness (QED) is 0.608. The number of amides is 1. The molecule has 2 aromatic carbocycles. The summed E-state index contributed by atoms with van der Waals surface area (Å²) in [4.78, 5) is 21.3. The van der Waals surface area contributed by atoms with Crippen molar-refractivity contribution in [1.82, 2.24) is 9.97 Å². The lowest BCUT2D eigenvalue weighted by Crippen LogP contribution is -2.16. The zero-order valence-corrected chi connectivity index (χ0v) is 16.7. The van der Waals surface area contributed by atoms with Crippen LogP contribution in [0.5, 0.6) is 11.5 Å². The number of nitrogens with one attached hydrogen (secondary N) is 2. The van der Waals surface area contributed by atoms with Crippen molar-refractivity contribution in [3.8, 4) is 11.5 Å². The third kappa shape index (κ3) is 5.44. The molecule has 0 aliphatic heterocycles. The zero-order valence-electron chi connectivity index (χ0n) is 16.7. The topological polar surface area (TPSA) is 85.4 Å². The number of nitrogens with zero attached hydrogens (tertiary/aromatic N) is 2. The van der Waals surface area contributed by atoms with Gasteiger partial charge in [0.25, 0.3) is 5.91 Å². The van der Waals surface area contributed by atoms with Crippen molar-refractivity contribution >= 4 is 17.4 Å². The van der Waals surface area contributed by atoms with Crippen LogP contribution in [0.4, 0.5) is 11.5 Å². The van der Waals surface area contributed by atoms with Crippen LogP contribution < -0.4 is 20.1 Å². The molecule has 150 valence electrons. The van der Waals surface area contributed by atoms with Gasteiger partial charge in [0.15, 0.2) is 11.5 Å². The fraction of sp³-hybridized carbons (Fsp3) is 0.227. The van der Waals surface area contributed by atoms with Gasteiger partial charge in [-0.15, -0.1) is 0 Å². The number of ether oxygens (including phenoxy) is 2. The highest BCUT2D eigenvalue weighted by atomic mass is 16.5. The van der Waals surface area contributed by atoms with Gasteiger partial charge in [0.1, 0.15) is 17.3 Å². The first-order valence-corrected chi connectivity index (χ1v) is 9.26. The van der Waals surface area contributed by atoms with Gasteiger partial charge in [-0.25, -0.2) is 9.97 Å². The van der Waals surface area contributed by atoms with Gasteiger partial charge >= 0.3 is 0 Å². The number of rotatable bonds is 8. The smallest absolute Gasteiger partial charge is 0.274 e. The predicted molar refractivity (Wildman–Crippen MR) is 113 cm³/mol. The number of aryl methyl sites for hydroxylation is 1. The first-order valence-electron chi connectivity index (χ1n) is 9.26. The second-order valence-electron chi connectivity index (χ2n) is 6.37. The summed E-state index contributed by atoms with van der Waals surface area (Å²) in [5, 5.41) is 6.09. The van der Waals surface area contributed by atoms with E-state index in [2.05, 4.69) is 32.7 Å². The summed E-state index contributed by atoms with van der Waals surface area (Å²) in [5.74, 6) is 1.94. The van der Waals surface area contributed by atoms with Crippen molar-refractivity contribution in [2.45, 2.75) is 13.3 Å². The maximum atomic E-state index is 12.7. The highest BCUT2D eigenvalue weighted by Gasteiger charge is 2.13. The molecule has 3 rings (SSSR count). The molecule has 7 heteroatoms. The van der Waals surface area contributed by atoms with Gasteiger partial charge < -0.3 is 20.1 Å². The van der Waals surface area contributed by atoms with Crippen LogP contribution in [0.1, 0.15) is 21.9 Å². The molecule has 0 aliphatic carbocycles. The van der Waals surface area contributed by atoms with Crippen LogP contribution in [-0.2, 0) is 6.42 Å². The lowest BCUT2D eigenvalue weighted by Gasteiger charge is -2.11. The molecule has 7 nitrogen and oxygen atoms in total. The third-order valence-electron chi connectivity index (χ3n) is 4.27. The van der Waals surface area contributed by atoms with Crippen LogP contribution in [0, 0.1) is 6.92 Å². The minimum atomic E-state index is -0.325. The standard InChI is InChI=1S/C22H24N4O3/c1-15-24-18(14-21(25-15)23-12-11-16-7-5-4-6-8-16)22(27)26-17-9-10-19(28-2)20(13-17)29-3/h4-10,13-14H,11-12H2,1-3H3,(H,26,27)(H,23,24,25). The second-order valence-corrected chi connectivity index (χ2v) is 6.37. The van der Waals surface area contributed by atoms with E-state index in [0.29, 0.717) is 35.4 Å². The summed E-state index contributed by atoms with van der Waals surface area (Å²) in [6.45, 7) is 2.47. The second kappa shape index (κ2) is 9.54. The van der Waals surface area contributed by atoms with Crippen molar-refractivity contribution in [3.05, 3.63) is 71.7 Å². The third-order valence-corrected chi connectivity index (χ3v) is 4.27. The molecule has 0 aliphatic rings. The number of aromatic nitrogens is 2. The summed E-state index contributed by atoms with van der Waals surface area (Å²) in [6.07, 6.45) is 0.858. The van der Waals surface area contributed by atoms with E-state index in [9.17, 15) is 4.79 Å². The van der Waals surface area contributed by atoms with Crippen molar-refractivity contribution in [2.75, 3.05) is 31.4 Å². The molecule has 0 spiro atoms. The average Bonchev–Trinajstić information content (AvgIpc) is 2.74. The Hall–Kier alpha value is -3.61. The minimum absolute atomic E-state index is 0.287. The molecular weight excluding hydrogens is 368 g/mol. The first kappa shape index (κ1) is 20.1. The largest absolute Gasteiger partial charge is 0.493 e. The number of carbonyl (C=O) groups excluding carboxylic acids is 1. The van der Waals surface area contributed by atoms with Crippen molar-refractivity contribution in [2.24, 2.45) is 0 Å². The molecule has 1 aromatic heterocycles. The van der Waals surface area contributed by atoms with Crippen molar-refractivity contribution in [3.63, 3.8) is 0 Å². The number of hydrogen-bond donors (Lipinski definition) is 2. The highest BCUT2D eigenvalue weighted by molar-refractivity contribution is 6.03. The molecule has 1 heterocycles. The van der Waals surface area contributed by atoms with E-state index < -0.39 is 0 Å². The van der Waals surface area contributed by atoms with E-state index in [1.54, 1.807) is 45.4 Å². The monoisotopic (exact) mass is 392 g/mol. The Morgan fingerprint density at radius 3 is 2.45 bits per heavy atom. The number of anilines is 2. The Kier molecular flexibility index (Phi) is 6.63. The van der Waals surface area contributed by atoms with Gasteiger partial charge in [0.2, 0.25) is 0 Å². The Labute approximate surface area is 170 Å². The summed E-state index contributed by atoms with van der Waals surface area (Å²) in [6, 6.07) is 17.0. The fourth-order valence-corrected chi connectivity index (χ4v) is 2.86. The molecule has 0 fully saturated rings. The van der Waals surface area contributed by atoms with E-state index >= 15 is 0 Å². The normalized spacial score (nSPS) is 10.3. The zero-order chi connectivity index (χ0) is 20.6. The van der Waals surface area contributed by atoms with Crippen molar-refractivity contribution < 1.29 is 14.3 Å². The first-order chi connectivity index (χ1) is 14.1. The van der Waals surface area contributed by atoms with E-state index in [4.69, 9.17) is 9.47 Å². The van der Waals surface area contributed by atoms with E-state index in [0.717, 1.165) is 6.42 Å². The van der Waals surface area contributed by atoms with Crippen LogP contribution in [0.3, 0.4) is 0 Å². The van der Waals surface area contributed by atoms with Crippen molar-refractivity contribution in [1.29, 1.82) is 0 Å². The van der Waals surface area contributed by atoms with Crippen LogP contribution in [0.25, 0.3) is 0 Å². The fourth-order valence-electron chi connectivity index (χ4n) is 2.86. The molecule has 3 aromatic rings. The van der Waals surface area contributed by atoms with Gasteiger partial charge in [-0.05, 0) is 31.0 Å². The molecular formula is C22H24N4O3. The Bertz CT molecular complexity index is 977. The van der Waals surface area contributed by atoms with Gasteiger partial charge in [0, 0.05) is 24.4 Å². The SMILES string of the molecule is COc1ccc(NC(=O)c2cc(NCCc3ccccc3)nc(C)n2)cc1OC. The lowest BCUT2D eigenvalue weighted by atomic mass is 10.1. The van der Waals surface area contributed by atoms with Gasteiger partial charge in [-0.3, -0.25) is 4.79 Å². The molecule has 0 radical (unpaired) electrons. The van der Waals surface area contributed by atoms with Gasteiger partial charge in [-0.2, -0.15) is 0 Å². The summed E-state index contributed by atoms with van der Waals surface area (Å²) >= 11 is 0. The number of methoxy groups -OCH3 is 2. The van der Waals surface area contributed by atoms with Crippen LogP contribution in [-0.4, -0.2) is 36.6 Å². The Morgan fingerprint density at radius 2 is 1.72 bits per heavy atom. The maximum Gasteiger partial charge on any atom is 0.274 e. The van der Waals surface area contributed by atoms with Gasteiger partial charge in [-0.1, -0.05) is 30.3 Å². The lowest BCUT2D eigenvalue weighted by molar-refractivity contribution is 0.102. The van der Waals surface area contributed by atoms with Crippen LogP contribution in [0.15, 0.2) is 54.6 Å². The molecule has 0 bridgehead atoms.